The summed E-state index contributed by atoms with van der Waals surface area (Å²) in [6.45, 7) is 4.37. The molecule has 0 aromatic rings. The molecule has 7 heteroatoms. The summed E-state index contributed by atoms with van der Waals surface area (Å²) < 4.78 is 38.3. The second-order valence-electron chi connectivity index (χ2n) is 5.57. The minimum atomic E-state index is -3.85. The van der Waals surface area contributed by atoms with Gasteiger partial charge in [0, 0.05) is 11.6 Å². The molecule has 5 nitrogen and oxygen atoms in total. The summed E-state index contributed by atoms with van der Waals surface area (Å²) in [5, 5.41) is -1.70. The molecule has 0 aromatic heterocycles. The van der Waals surface area contributed by atoms with Crippen molar-refractivity contribution in [3.8, 4) is 0 Å². The molecule has 0 saturated carbocycles. The van der Waals surface area contributed by atoms with E-state index < -0.39 is 38.0 Å². The predicted octanol–water partition coefficient (Wildman–Crippen LogP) is 0.420. The molecular weight excluding hydrogens is 261 g/mol. The van der Waals surface area contributed by atoms with Crippen LogP contribution in [-0.4, -0.2) is 41.8 Å². The molecule has 1 fully saturated rings. The number of rotatable bonds is 1. The summed E-state index contributed by atoms with van der Waals surface area (Å²) in [7, 11) is -3.85. The summed E-state index contributed by atoms with van der Waals surface area (Å²) in [5.74, 6) is -2.43. The van der Waals surface area contributed by atoms with Gasteiger partial charge in [0.2, 0.25) is 0 Å². The van der Waals surface area contributed by atoms with Gasteiger partial charge in [-0.25, -0.2) is 12.8 Å². The first kappa shape index (κ1) is 13.2. The lowest BCUT2D eigenvalue weighted by atomic mass is 9.76. The van der Waals surface area contributed by atoms with Crippen molar-refractivity contribution in [3.05, 3.63) is 12.3 Å². The Bertz CT molecular complexity index is 560. The lowest BCUT2D eigenvalue weighted by molar-refractivity contribution is -0.172. The number of alkyl halides is 1. The van der Waals surface area contributed by atoms with Gasteiger partial charge < -0.3 is 0 Å². The van der Waals surface area contributed by atoms with Crippen molar-refractivity contribution in [2.24, 2.45) is 5.41 Å². The number of hydrogen-bond acceptors (Lipinski definition) is 4. The SMILES string of the molecule is CC(C)(C)C(=O)[C@]1(F)C(=O)N2C=CCS(=O)(=O)[C@H]21. The zero-order chi connectivity index (χ0) is 13.9. The van der Waals surface area contributed by atoms with Crippen LogP contribution in [0.15, 0.2) is 12.3 Å². The zero-order valence-corrected chi connectivity index (χ0v) is 11.1. The van der Waals surface area contributed by atoms with E-state index in [2.05, 4.69) is 0 Å². The van der Waals surface area contributed by atoms with Crippen LogP contribution in [0.3, 0.4) is 0 Å². The number of carbonyl (C=O) groups excluding carboxylic acids is 2. The first-order valence-corrected chi connectivity index (χ1v) is 7.19. The van der Waals surface area contributed by atoms with E-state index in [0.29, 0.717) is 0 Å². The Morgan fingerprint density at radius 2 is 2.06 bits per heavy atom. The number of ketones is 1. The van der Waals surface area contributed by atoms with Gasteiger partial charge in [-0.2, -0.15) is 0 Å². The third kappa shape index (κ3) is 1.46. The maximum atomic E-state index is 14.7. The average molecular weight is 275 g/mol. The van der Waals surface area contributed by atoms with Crippen molar-refractivity contribution in [2.45, 2.75) is 31.8 Å². The highest BCUT2D eigenvalue weighted by Crippen LogP contribution is 2.44. The number of nitrogens with zero attached hydrogens (tertiary/aromatic N) is 1. The third-order valence-corrected chi connectivity index (χ3v) is 4.97. The lowest BCUT2D eigenvalue weighted by Crippen LogP contribution is -2.77. The minimum absolute atomic E-state index is 0.357. The van der Waals surface area contributed by atoms with Gasteiger partial charge in [-0.15, -0.1) is 0 Å². The molecule has 0 N–H and O–H groups in total. The van der Waals surface area contributed by atoms with Gasteiger partial charge >= 0.3 is 0 Å². The Kier molecular flexibility index (Phi) is 2.50. The Labute approximate surface area is 105 Å². The van der Waals surface area contributed by atoms with Crippen LogP contribution in [0, 0.1) is 5.41 Å². The Morgan fingerprint density at radius 1 is 1.50 bits per heavy atom. The molecule has 0 aromatic carbocycles. The molecule has 18 heavy (non-hydrogen) atoms. The number of fused-ring (bicyclic) bond motifs is 1. The van der Waals surface area contributed by atoms with E-state index in [1.807, 2.05) is 0 Å². The average Bonchev–Trinajstić information content (AvgIpc) is 2.23. The largest absolute Gasteiger partial charge is 0.295 e. The van der Waals surface area contributed by atoms with Crippen LogP contribution in [0.5, 0.6) is 0 Å². The molecule has 0 spiro atoms. The van der Waals surface area contributed by atoms with E-state index in [0.717, 1.165) is 4.90 Å². The van der Waals surface area contributed by atoms with E-state index in [-0.39, 0.29) is 5.75 Å². The highest BCUT2D eigenvalue weighted by Gasteiger charge is 2.72. The minimum Gasteiger partial charge on any atom is -0.295 e. The van der Waals surface area contributed by atoms with Crippen molar-refractivity contribution in [2.75, 3.05) is 5.75 Å². The standard InChI is InChI=1S/C11H14FNO4S/c1-10(2,3)7(14)11(12)8(15)13-5-4-6-18(16,17)9(11)13/h4-5,9H,6H2,1-3H3/t9-,11-/m0/s1. The van der Waals surface area contributed by atoms with Crippen molar-refractivity contribution in [1.82, 2.24) is 4.90 Å². The van der Waals surface area contributed by atoms with Gasteiger partial charge in [0.25, 0.3) is 11.6 Å². The molecule has 100 valence electrons. The monoisotopic (exact) mass is 275 g/mol. The summed E-state index contributed by atoms with van der Waals surface area (Å²) in [5.41, 5.74) is -4.06. The van der Waals surface area contributed by atoms with Gasteiger partial charge in [0.1, 0.15) is 0 Å². The van der Waals surface area contributed by atoms with E-state index in [4.69, 9.17) is 0 Å². The van der Waals surface area contributed by atoms with Crippen LogP contribution in [-0.2, 0) is 19.4 Å². The normalized spacial score (nSPS) is 33.9. The Balaban J connectivity index is 2.51. The van der Waals surface area contributed by atoms with Crippen molar-refractivity contribution >= 4 is 21.5 Å². The van der Waals surface area contributed by atoms with Gasteiger partial charge in [-0.05, 0) is 0 Å². The maximum absolute atomic E-state index is 14.7. The molecule has 0 bridgehead atoms. The lowest BCUT2D eigenvalue weighted by Gasteiger charge is -2.50. The predicted molar refractivity (Wildman–Crippen MR) is 61.9 cm³/mol. The van der Waals surface area contributed by atoms with Crippen LogP contribution >= 0.6 is 0 Å². The van der Waals surface area contributed by atoms with Crippen molar-refractivity contribution in [1.29, 1.82) is 0 Å². The number of Topliss-reactive ketones (excluding diaryl/α,β-unsaturated/α-hetero) is 1. The molecule has 2 heterocycles. The van der Waals surface area contributed by atoms with Gasteiger partial charge in [0.15, 0.2) is 21.0 Å². The number of amides is 1. The van der Waals surface area contributed by atoms with Gasteiger partial charge in [-0.1, -0.05) is 26.8 Å². The molecular formula is C11H14FNO4S. The van der Waals surface area contributed by atoms with Crippen LogP contribution in [0.2, 0.25) is 0 Å². The molecule has 2 aliphatic heterocycles. The summed E-state index contributed by atoms with van der Waals surface area (Å²) in [4.78, 5) is 24.5. The fraction of sp³-hybridized carbons (Fsp3) is 0.636. The van der Waals surface area contributed by atoms with Gasteiger partial charge in [-0.3, -0.25) is 14.5 Å². The molecule has 2 rings (SSSR count). The zero-order valence-electron chi connectivity index (χ0n) is 10.3. The summed E-state index contributed by atoms with van der Waals surface area (Å²) >= 11 is 0. The quantitative estimate of drug-likeness (QED) is 0.513. The molecule has 0 aliphatic carbocycles. The number of sulfone groups is 1. The second kappa shape index (κ2) is 3.40. The number of β-lactam (4-membered cyclic amide) rings is 1. The van der Waals surface area contributed by atoms with Crippen LogP contribution in [0.1, 0.15) is 20.8 Å². The highest BCUT2D eigenvalue weighted by atomic mass is 32.2. The van der Waals surface area contributed by atoms with Crippen molar-refractivity contribution < 1.29 is 22.4 Å². The third-order valence-electron chi connectivity index (χ3n) is 3.09. The fourth-order valence-corrected chi connectivity index (χ4v) is 3.98. The summed E-state index contributed by atoms with van der Waals surface area (Å²) in [6, 6.07) is 0. The van der Waals surface area contributed by atoms with E-state index in [1.54, 1.807) is 0 Å². The molecule has 2 atom stereocenters. The van der Waals surface area contributed by atoms with Crippen LogP contribution < -0.4 is 0 Å². The first-order chi connectivity index (χ1) is 8.03. The highest BCUT2D eigenvalue weighted by molar-refractivity contribution is 7.92. The van der Waals surface area contributed by atoms with Crippen LogP contribution in [0.4, 0.5) is 4.39 Å². The molecule has 2 aliphatic rings. The maximum Gasteiger partial charge on any atom is 0.281 e. The molecule has 1 amide bonds. The number of hydrogen-bond donors (Lipinski definition) is 0. The first-order valence-electron chi connectivity index (χ1n) is 5.48. The van der Waals surface area contributed by atoms with Crippen LogP contribution in [0.25, 0.3) is 0 Å². The van der Waals surface area contributed by atoms with E-state index in [1.165, 1.54) is 33.0 Å². The smallest absolute Gasteiger partial charge is 0.281 e. The Morgan fingerprint density at radius 3 is 2.56 bits per heavy atom. The van der Waals surface area contributed by atoms with E-state index >= 15 is 0 Å². The Hall–Kier alpha value is -1.24. The fourth-order valence-electron chi connectivity index (χ4n) is 2.23. The molecule has 0 radical (unpaired) electrons. The molecule has 0 unspecified atom stereocenters. The second-order valence-corrected chi connectivity index (χ2v) is 7.68. The number of carbonyl (C=O) groups is 2. The van der Waals surface area contributed by atoms with E-state index in [9.17, 15) is 22.4 Å². The number of halogens is 1. The summed E-state index contributed by atoms with van der Waals surface area (Å²) in [6.07, 6.45) is 2.49. The van der Waals surface area contributed by atoms with Crippen molar-refractivity contribution in [3.63, 3.8) is 0 Å². The topological polar surface area (TPSA) is 71.5 Å². The molecule has 1 saturated heterocycles. The van der Waals surface area contributed by atoms with Gasteiger partial charge in [0.05, 0.1) is 5.75 Å².